The first-order valence-electron chi connectivity index (χ1n) is 14.2. The van der Waals surface area contributed by atoms with Gasteiger partial charge in [0, 0.05) is 27.1 Å². The number of amides is 3. The Morgan fingerprint density at radius 2 is 1.68 bits per heavy atom. The molecule has 0 aliphatic carbocycles. The highest BCUT2D eigenvalue weighted by atomic mass is 35.5. The molecule has 0 aliphatic heterocycles. The summed E-state index contributed by atoms with van der Waals surface area (Å²) >= 11 is 14.8. The first kappa shape index (κ1) is 33.7. The second-order valence-electron chi connectivity index (χ2n) is 10.1. The third-order valence-electron chi connectivity index (χ3n) is 6.66. The lowest BCUT2D eigenvalue weighted by atomic mass is 10.1. The highest BCUT2D eigenvalue weighted by Crippen LogP contribution is 2.32. The van der Waals surface area contributed by atoms with Crippen molar-refractivity contribution in [2.24, 2.45) is 0 Å². The maximum absolute atomic E-state index is 13.5. The Bertz CT molecular complexity index is 1950. The fraction of sp³-hybridized carbons (Fsp3) is 0.0857. The Kier molecular flexibility index (Phi) is 11.3. The van der Waals surface area contributed by atoms with Gasteiger partial charge in [0.25, 0.3) is 11.8 Å². The summed E-state index contributed by atoms with van der Waals surface area (Å²) in [6.07, 6.45) is 1.58. The van der Waals surface area contributed by atoms with E-state index in [-0.39, 0.29) is 11.6 Å². The van der Waals surface area contributed by atoms with Crippen molar-refractivity contribution in [2.45, 2.75) is 17.1 Å². The van der Waals surface area contributed by atoms with Crippen molar-refractivity contribution in [2.75, 3.05) is 17.7 Å². The fourth-order valence-electron chi connectivity index (χ4n) is 4.27. The van der Waals surface area contributed by atoms with E-state index in [2.05, 4.69) is 20.9 Å². The number of thiazole rings is 1. The van der Waals surface area contributed by atoms with Crippen molar-refractivity contribution >= 4 is 80.9 Å². The maximum atomic E-state index is 13.5. The Balaban J connectivity index is 1.26. The molecule has 0 radical (unpaired) electrons. The zero-order chi connectivity index (χ0) is 33.3. The minimum atomic E-state index is -0.522. The van der Waals surface area contributed by atoms with Crippen LogP contribution in [0.25, 0.3) is 17.3 Å². The van der Waals surface area contributed by atoms with E-state index in [9.17, 15) is 14.4 Å². The monoisotopic (exact) mass is 702 g/mol. The van der Waals surface area contributed by atoms with Gasteiger partial charge in [-0.2, -0.15) is 0 Å². The lowest BCUT2D eigenvalue weighted by Crippen LogP contribution is -2.30. The van der Waals surface area contributed by atoms with Gasteiger partial charge in [0.05, 0.1) is 28.1 Å². The number of aromatic nitrogens is 1. The number of halogens is 2. The number of nitrogens with one attached hydrogen (secondary N) is 3. The van der Waals surface area contributed by atoms with E-state index in [0.717, 1.165) is 10.5 Å². The number of ether oxygens (including phenoxy) is 1. The van der Waals surface area contributed by atoms with E-state index < -0.39 is 17.1 Å². The van der Waals surface area contributed by atoms with Crippen LogP contribution in [0.5, 0.6) is 5.75 Å². The normalized spacial score (nSPS) is 11.8. The van der Waals surface area contributed by atoms with Crippen molar-refractivity contribution in [3.8, 4) is 17.0 Å². The third kappa shape index (κ3) is 9.24. The number of hydrogen-bond donors (Lipinski definition) is 3. The smallest absolute Gasteiger partial charge is 0.272 e. The quantitative estimate of drug-likeness (QED) is 0.0939. The molecule has 1 unspecified atom stereocenters. The Labute approximate surface area is 290 Å². The van der Waals surface area contributed by atoms with Crippen LogP contribution >= 0.6 is 46.3 Å². The summed E-state index contributed by atoms with van der Waals surface area (Å²) in [7, 11) is 1.55. The number of nitrogens with zero attached hydrogens (tertiary/aromatic N) is 1. The predicted octanol–water partition coefficient (Wildman–Crippen LogP) is 8.65. The molecular formula is C35H28Cl2N4O4S2. The molecule has 3 amide bonds. The van der Waals surface area contributed by atoms with Gasteiger partial charge in [-0.3, -0.25) is 14.4 Å². The van der Waals surface area contributed by atoms with Crippen LogP contribution in [0, 0.1) is 0 Å². The van der Waals surface area contributed by atoms with Crippen LogP contribution < -0.4 is 20.7 Å². The van der Waals surface area contributed by atoms with Crippen LogP contribution in [0.3, 0.4) is 0 Å². The van der Waals surface area contributed by atoms with Crippen molar-refractivity contribution in [1.29, 1.82) is 0 Å². The van der Waals surface area contributed by atoms with E-state index in [1.165, 1.54) is 23.1 Å². The van der Waals surface area contributed by atoms with E-state index in [0.29, 0.717) is 43.4 Å². The minimum absolute atomic E-state index is 0.0431. The molecule has 1 heterocycles. The predicted molar refractivity (Wildman–Crippen MR) is 191 cm³/mol. The largest absolute Gasteiger partial charge is 0.497 e. The van der Waals surface area contributed by atoms with Gasteiger partial charge in [-0.05, 0) is 73.2 Å². The number of carbonyl (C=O) groups excluding carboxylic acids is 3. The molecule has 0 aliphatic rings. The number of carbonyl (C=O) groups is 3. The molecule has 8 nitrogen and oxygen atoms in total. The molecule has 1 atom stereocenters. The lowest BCUT2D eigenvalue weighted by molar-refractivity contribution is -0.115. The highest BCUT2D eigenvalue weighted by Gasteiger charge is 2.19. The fourth-order valence-corrected chi connectivity index (χ4v) is 6.22. The number of hydrogen-bond acceptors (Lipinski definition) is 7. The second-order valence-corrected chi connectivity index (χ2v) is 13.1. The molecule has 47 heavy (non-hydrogen) atoms. The van der Waals surface area contributed by atoms with Crippen LogP contribution in [0.4, 0.5) is 10.8 Å². The number of rotatable bonds is 11. The summed E-state index contributed by atoms with van der Waals surface area (Å²) in [6.45, 7) is 1.78. The number of methoxy groups -OCH3 is 1. The van der Waals surface area contributed by atoms with Gasteiger partial charge in [0.2, 0.25) is 5.91 Å². The topological polar surface area (TPSA) is 109 Å². The van der Waals surface area contributed by atoms with Crippen molar-refractivity contribution in [3.63, 3.8) is 0 Å². The zero-order valence-electron chi connectivity index (χ0n) is 25.1. The van der Waals surface area contributed by atoms with Gasteiger partial charge in [-0.1, -0.05) is 65.7 Å². The number of anilines is 2. The molecule has 0 saturated carbocycles. The van der Waals surface area contributed by atoms with Gasteiger partial charge in [0.1, 0.15) is 11.4 Å². The summed E-state index contributed by atoms with van der Waals surface area (Å²) in [4.78, 5) is 44.8. The lowest BCUT2D eigenvalue weighted by Gasteiger charge is -2.14. The van der Waals surface area contributed by atoms with Crippen LogP contribution in [0.15, 0.2) is 113 Å². The first-order valence-corrected chi connectivity index (χ1v) is 16.7. The standard InChI is InChI=1S/C35H28Cl2N4O4S2/c1-21(32(42)41-35-40-31(20-46-35)24-14-15-28(36)29(37)18-24)47-27-13-7-11-25(19-27)38-34(44)30(17-22-8-6-12-26(16-22)45-2)39-33(43)23-9-4-3-5-10-23/h3-21H,1-2H3,(H,38,44)(H,39,43)(H,40,41,42)/b30-17-. The number of thioether (sulfide) groups is 1. The van der Waals surface area contributed by atoms with Crippen molar-refractivity contribution in [1.82, 2.24) is 10.3 Å². The first-order chi connectivity index (χ1) is 22.7. The molecule has 5 rings (SSSR count). The van der Waals surface area contributed by atoms with Gasteiger partial charge < -0.3 is 20.7 Å². The third-order valence-corrected chi connectivity index (χ3v) is 9.25. The van der Waals surface area contributed by atoms with Crippen LogP contribution in [0.2, 0.25) is 10.0 Å². The summed E-state index contributed by atoms with van der Waals surface area (Å²) in [5.41, 5.74) is 3.07. The van der Waals surface area contributed by atoms with Gasteiger partial charge in [0.15, 0.2) is 5.13 Å². The highest BCUT2D eigenvalue weighted by molar-refractivity contribution is 8.00. The SMILES string of the molecule is COc1cccc(/C=C(\NC(=O)c2ccccc2)C(=O)Nc2cccc(SC(C)C(=O)Nc3nc(-c4ccc(Cl)c(Cl)c4)cs3)c2)c1. The van der Waals surface area contributed by atoms with Crippen LogP contribution in [-0.4, -0.2) is 35.1 Å². The Morgan fingerprint density at radius 3 is 2.45 bits per heavy atom. The molecule has 238 valence electrons. The molecule has 12 heteroatoms. The second kappa shape index (κ2) is 15.8. The van der Waals surface area contributed by atoms with Crippen LogP contribution in [0.1, 0.15) is 22.8 Å². The number of benzene rings is 4. The summed E-state index contributed by atoms with van der Waals surface area (Å²) in [6, 6.07) is 28.1. The molecule has 0 fully saturated rings. The summed E-state index contributed by atoms with van der Waals surface area (Å²) < 4.78 is 5.31. The minimum Gasteiger partial charge on any atom is -0.497 e. The van der Waals surface area contributed by atoms with E-state index in [4.69, 9.17) is 27.9 Å². The molecule has 3 N–H and O–H groups in total. The molecule has 0 bridgehead atoms. The molecule has 0 spiro atoms. The van der Waals surface area contributed by atoms with E-state index >= 15 is 0 Å². The molecule has 5 aromatic rings. The van der Waals surface area contributed by atoms with Crippen LogP contribution in [-0.2, 0) is 9.59 Å². The maximum Gasteiger partial charge on any atom is 0.272 e. The van der Waals surface area contributed by atoms with Crippen molar-refractivity contribution in [3.05, 3.63) is 129 Å². The van der Waals surface area contributed by atoms with Crippen molar-refractivity contribution < 1.29 is 19.1 Å². The van der Waals surface area contributed by atoms with Gasteiger partial charge >= 0.3 is 0 Å². The van der Waals surface area contributed by atoms with E-state index in [1.54, 1.807) is 105 Å². The molecule has 0 saturated heterocycles. The average Bonchev–Trinajstić information content (AvgIpc) is 3.54. The Hall–Kier alpha value is -4.61. The summed E-state index contributed by atoms with van der Waals surface area (Å²) in [5.74, 6) is -0.570. The summed E-state index contributed by atoms with van der Waals surface area (Å²) in [5, 5.41) is 11.1. The van der Waals surface area contributed by atoms with E-state index in [1.807, 2.05) is 17.5 Å². The molecular weight excluding hydrogens is 675 g/mol. The Morgan fingerprint density at radius 1 is 0.894 bits per heavy atom. The molecule has 1 aromatic heterocycles. The molecule has 4 aromatic carbocycles. The average molecular weight is 704 g/mol. The zero-order valence-corrected chi connectivity index (χ0v) is 28.3. The van der Waals surface area contributed by atoms with Gasteiger partial charge in [-0.25, -0.2) is 4.98 Å². The van der Waals surface area contributed by atoms with Gasteiger partial charge in [-0.15, -0.1) is 23.1 Å².